The zero-order valence-corrected chi connectivity index (χ0v) is 16.7. The topological polar surface area (TPSA) is 72.8 Å². The fourth-order valence-corrected chi connectivity index (χ4v) is 2.94. The Morgan fingerprint density at radius 2 is 1.46 bits per heavy atom. The minimum Gasteiger partial charge on any atom is -0.463 e. The molecule has 0 aromatic rings. The Balaban J connectivity index is 3.75. The monoisotopic (exact) mass is 370 g/mol. The van der Waals surface area contributed by atoms with Gasteiger partial charge in [0.25, 0.3) is 0 Å². The Kier molecular flexibility index (Phi) is 16.2. The minimum absolute atomic E-state index is 0.0557. The van der Waals surface area contributed by atoms with Crippen molar-refractivity contribution in [1.29, 1.82) is 0 Å². The molecule has 0 spiro atoms. The summed E-state index contributed by atoms with van der Waals surface area (Å²) < 4.78 is 10.1. The number of aliphatic hydroxyl groups excluding tert-OH is 1. The first kappa shape index (κ1) is 24.6. The van der Waals surface area contributed by atoms with E-state index in [1.807, 2.05) is 6.08 Å². The van der Waals surface area contributed by atoms with Gasteiger partial charge in [0.05, 0.1) is 6.10 Å². The van der Waals surface area contributed by atoms with E-state index in [-0.39, 0.29) is 18.7 Å². The van der Waals surface area contributed by atoms with Crippen LogP contribution in [0.15, 0.2) is 12.7 Å². The van der Waals surface area contributed by atoms with E-state index >= 15 is 0 Å². The highest BCUT2D eigenvalue weighted by Crippen LogP contribution is 2.16. The van der Waals surface area contributed by atoms with Crippen molar-refractivity contribution >= 4 is 11.9 Å². The Bertz CT molecular complexity index is 381. The maximum Gasteiger partial charge on any atom is 0.302 e. The van der Waals surface area contributed by atoms with Crippen LogP contribution < -0.4 is 0 Å². The van der Waals surface area contributed by atoms with Crippen molar-refractivity contribution in [2.24, 2.45) is 0 Å². The van der Waals surface area contributed by atoms with Crippen LogP contribution in [0.1, 0.15) is 90.9 Å². The zero-order valence-electron chi connectivity index (χ0n) is 16.7. The molecule has 5 heteroatoms. The second kappa shape index (κ2) is 17.1. The van der Waals surface area contributed by atoms with Crippen LogP contribution in [0, 0.1) is 0 Å². The Hall–Kier alpha value is -1.36. The third-order valence-electron chi connectivity index (χ3n) is 4.28. The largest absolute Gasteiger partial charge is 0.463 e. The Morgan fingerprint density at radius 3 is 1.96 bits per heavy atom. The van der Waals surface area contributed by atoms with E-state index in [2.05, 4.69) is 6.58 Å². The standard InChI is InChI=1S/C21H38O5/c1-4-5-6-7-8-9-10-11-12-13-14-15-21(26-19(3)23)16-20(24)17-25-18(2)22/h4,20-21,24H,1,5-17H2,2-3H3. The van der Waals surface area contributed by atoms with E-state index in [4.69, 9.17) is 9.47 Å². The van der Waals surface area contributed by atoms with Gasteiger partial charge in [0.2, 0.25) is 0 Å². The normalized spacial score (nSPS) is 13.0. The molecule has 0 aliphatic heterocycles. The molecule has 0 aromatic heterocycles. The first-order valence-electron chi connectivity index (χ1n) is 10.0. The van der Waals surface area contributed by atoms with E-state index in [9.17, 15) is 14.7 Å². The average Bonchev–Trinajstić information content (AvgIpc) is 2.57. The summed E-state index contributed by atoms with van der Waals surface area (Å²) in [7, 11) is 0. The van der Waals surface area contributed by atoms with Crippen LogP contribution in [0.2, 0.25) is 0 Å². The first-order valence-corrected chi connectivity index (χ1v) is 10.0. The molecule has 0 amide bonds. The maximum atomic E-state index is 11.2. The number of unbranched alkanes of at least 4 members (excludes halogenated alkanes) is 9. The van der Waals surface area contributed by atoms with Crippen molar-refractivity contribution in [3.05, 3.63) is 12.7 Å². The first-order chi connectivity index (χ1) is 12.5. The number of carbonyl (C=O) groups is 2. The average molecular weight is 371 g/mol. The molecule has 0 saturated heterocycles. The molecule has 0 radical (unpaired) electrons. The van der Waals surface area contributed by atoms with Crippen molar-refractivity contribution < 1.29 is 24.2 Å². The number of hydrogen-bond donors (Lipinski definition) is 1. The minimum atomic E-state index is -0.802. The summed E-state index contributed by atoms with van der Waals surface area (Å²) in [6.45, 7) is 6.36. The van der Waals surface area contributed by atoms with Gasteiger partial charge >= 0.3 is 11.9 Å². The molecular weight excluding hydrogens is 332 g/mol. The number of ether oxygens (including phenoxy) is 2. The summed E-state index contributed by atoms with van der Waals surface area (Å²) >= 11 is 0. The summed E-state index contributed by atoms with van der Waals surface area (Å²) in [4.78, 5) is 22.0. The van der Waals surface area contributed by atoms with Gasteiger partial charge in [0.1, 0.15) is 12.7 Å². The summed E-state index contributed by atoms with van der Waals surface area (Å²) in [6, 6.07) is 0. The van der Waals surface area contributed by atoms with Crippen molar-refractivity contribution in [2.75, 3.05) is 6.61 Å². The molecule has 2 unspecified atom stereocenters. The van der Waals surface area contributed by atoms with Gasteiger partial charge in [0, 0.05) is 20.3 Å². The number of rotatable bonds is 17. The number of allylic oxidation sites excluding steroid dienone is 1. The van der Waals surface area contributed by atoms with E-state index in [0.29, 0.717) is 6.42 Å². The van der Waals surface area contributed by atoms with Gasteiger partial charge in [-0.3, -0.25) is 9.59 Å². The van der Waals surface area contributed by atoms with Crippen LogP contribution in [0.4, 0.5) is 0 Å². The molecule has 0 aliphatic carbocycles. The number of aliphatic hydroxyl groups is 1. The van der Waals surface area contributed by atoms with Gasteiger partial charge in [-0.25, -0.2) is 0 Å². The highest BCUT2D eigenvalue weighted by molar-refractivity contribution is 5.66. The van der Waals surface area contributed by atoms with Crippen LogP contribution in [0.5, 0.6) is 0 Å². The predicted molar refractivity (Wildman–Crippen MR) is 104 cm³/mol. The van der Waals surface area contributed by atoms with Gasteiger partial charge in [-0.2, -0.15) is 0 Å². The second-order valence-electron chi connectivity index (χ2n) is 6.97. The summed E-state index contributed by atoms with van der Waals surface area (Å²) in [5.74, 6) is -0.764. The highest BCUT2D eigenvalue weighted by Gasteiger charge is 2.18. The maximum absolute atomic E-state index is 11.2. The molecule has 0 rings (SSSR count). The van der Waals surface area contributed by atoms with Gasteiger partial charge in [-0.1, -0.05) is 51.0 Å². The van der Waals surface area contributed by atoms with Crippen molar-refractivity contribution in [1.82, 2.24) is 0 Å². The number of esters is 2. The van der Waals surface area contributed by atoms with Crippen molar-refractivity contribution in [2.45, 2.75) is 103 Å². The van der Waals surface area contributed by atoms with E-state index in [1.165, 1.54) is 58.8 Å². The van der Waals surface area contributed by atoms with Crippen LogP contribution in [0.3, 0.4) is 0 Å². The molecule has 0 fully saturated rings. The lowest BCUT2D eigenvalue weighted by molar-refractivity contribution is -0.151. The third kappa shape index (κ3) is 17.5. The zero-order chi connectivity index (χ0) is 19.6. The predicted octanol–water partition coefficient (Wildman–Crippen LogP) is 4.71. The SMILES string of the molecule is C=CCCCCCCCCCCCC(CC(O)COC(C)=O)OC(C)=O. The van der Waals surface area contributed by atoms with Crippen LogP contribution in [-0.2, 0) is 19.1 Å². The molecule has 0 aromatic carbocycles. The van der Waals surface area contributed by atoms with Crippen molar-refractivity contribution in [3.63, 3.8) is 0 Å². The molecule has 152 valence electrons. The van der Waals surface area contributed by atoms with E-state index in [1.54, 1.807) is 0 Å². The lowest BCUT2D eigenvalue weighted by Gasteiger charge is -2.20. The molecule has 0 heterocycles. The van der Waals surface area contributed by atoms with Crippen LogP contribution in [0.25, 0.3) is 0 Å². The molecule has 1 N–H and O–H groups in total. The fourth-order valence-electron chi connectivity index (χ4n) is 2.94. The molecular formula is C21H38O5. The van der Waals surface area contributed by atoms with Crippen LogP contribution >= 0.6 is 0 Å². The molecule has 2 atom stereocenters. The molecule has 5 nitrogen and oxygen atoms in total. The second-order valence-corrected chi connectivity index (χ2v) is 6.97. The highest BCUT2D eigenvalue weighted by atomic mass is 16.5. The number of hydrogen-bond acceptors (Lipinski definition) is 5. The third-order valence-corrected chi connectivity index (χ3v) is 4.28. The Morgan fingerprint density at radius 1 is 0.923 bits per heavy atom. The van der Waals surface area contributed by atoms with Crippen LogP contribution in [-0.4, -0.2) is 35.9 Å². The molecule has 0 saturated carbocycles. The fraction of sp³-hybridized carbons (Fsp3) is 0.810. The smallest absolute Gasteiger partial charge is 0.302 e. The summed E-state index contributed by atoms with van der Waals surface area (Å²) in [5, 5.41) is 9.88. The van der Waals surface area contributed by atoms with E-state index < -0.39 is 12.1 Å². The van der Waals surface area contributed by atoms with Crippen molar-refractivity contribution in [3.8, 4) is 0 Å². The van der Waals surface area contributed by atoms with Gasteiger partial charge in [-0.05, 0) is 25.7 Å². The molecule has 0 bridgehead atoms. The summed E-state index contributed by atoms with van der Waals surface area (Å²) in [5.41, 5.74) is 0. The lowest BCUT2D eigenvalue weighted by Crippen LogP contribution is -2.26. The quantitative estimate of drug-likeness (QED) is 0.228. The molecule has 0 aliphatic rings. The molecule has 26 heavy (non-hydrogen) atoms. The van der Waals surface area contributed by atoms with Gasteiger partial charge in [-0.15, -0.1) is 6.58 Å². The van der Waals surface area contributed by atoms with E-state index in [0.717, 1.165) is 25.7 Å². The van der Waals surface area contributed by atoms with Gasteiger partial charge in [0.15, 0.2) is 0 Å². The van der Waals surface area contributed by atoms with Gasteiger partial charge < -0.3 is 14.6 Å². The number of carbonyl (C=O) groups excluding carboxylic acids is 2. The summed E-state index contributed by atoms with van der Waals surface area (Å²) in [6.07, 6.45) is 14.0. The lowest BCUT2D eigenvalue weighted by atomic mass is 10.0. The Labute approximate surface area is 159 Å².